The number of hydrogen-bond donors (Lipinski definition) is 1. The average Bonchev–Trinajstić information content (AvgIpc) is 2.77. The molecule has 2 aromatic rings. The first-order valence-electron chi connectivity index (χ1n) is 5.52. The second-order valence-corrected chi connectivity index (χ2v) is 3.92. The van der Waals surface area contributed by atoms with Gasteiger partial charge in [-0.05, 0) is 18.2 Å². The van der Waals surface area contributed by atoms with Crippen LogP contribution >= 0.6 is 0 Å². The molecule has 0 atom stereocenters. The van der Waals surface area contributed by atoms with Crippen LogP contribution in [0.3, 0.4) is 0 Å². The van der Waals surface area contributed by atoms with Gasteiger partial charge in [-0.25, -0.2) is 0 Å². The van der Waals surface area contributed by atoms with E-state index < -0.39 is 5.97 Å². The molecule has 1 aromatic heterocycles. The molecule has 0 aliphatic heterocycles. The SMILES string of the molecule is COC(=O)CNC(=O)c1cccc2c1ccn2C. The molecule has 0 aliphatic carbocycles. The van der Waals surface area contributed by atoms with Gasteiger partial charge in [0.25, 0.3) is 5.91 Å². The van der Waals surface area contributed by atoms with Gasteiger partial charge in [0.05, 0.1) is 7.11 Å². The number of carbonyl (C=O) groups excluding carboxylic acids is 2. The van der Waals surface area contributed by atoms with Crippen molar-refractivity contribution < 1.29 is 14.3 Å². The Morgan fingerprint density at radius 2 is 2.11 bits per heavy atom. The van der Waals surface area contributed by atoms with Crippen LogP contribution in [-0.4, -0.2) is 30.1 Å². The summed E-state index contributed by atoms with van der Waals surface area (Å²) in [6.45, 7) is -0.126. The summed E-state index contributed by atoms with van der Waals surface area (Å²) in [6, 6.07) is 7.36. The summed E-state index contributed by atoms with van der Waals surface area (Å²) in [4.78, 5) is 22.9. The van der Waals surface area contributed by atoms with E-state index in [0.29, 0.717) is 5.56 Å². The number of nitrogens with zero attached hydrogens (tertiary/aromatic N) is 1. The van der Waals surface area contributed by atoms with Gasteiger partial charge >= 0.3 is 5.97 Å². The number of carbonyl (C=O) groups is 2. The van der Waals surface area contributed by atoms with E-state index in [4.69, 9.17) is 0 Å². The van der Waals surface area contributed by atoms with Gasteiger partial charge in [0, 0.05) is 29.7 Å². The number of ether oxygens (including phenoxy) is 1. The molecule has 94 valence electrons. The third-order valence-electron chi connectivity index (χ3n) is 2.79. The van der Waals surface area contributed by atoms with Crippen molar-refractivity contribution in [3.63, 3.8) is 0 Å². The first-order valence-corrected chi connectivity index (χ1v) is 5.52. The van der Waals surface area contributed by atoms with E-state index in [1.165, 1.54) is 7.11 Å². The van der Waals surface area contributed by atoms with Crippen LogP contribution in [0.4, 0.5) is 0 Å². The first kappa shape index (κ1) is 12.2. The molecule has 0 saturated carbocycles. The normalized spacial score (nSPS) is 10.3. The van der Waals surface area contributed by atoms with Crippen molar-refractivity contribution in [3.8, 4) is 0 Å². The quantitative estimate of drug-likeness (QED) is 0.824. The number of aryl methyl sites for hydroxylation is 1. The Morgan fingerprint density at radius 3 is 2.83 bits per heavy atom. The van der Waals surface area contributed by atoms with E-state index in [1.807, 2.05) is 36.0 Å². The third kappa shape index (κ3) is 2.20. The second kappa shape index (κ2) is 4.91. The summed E-state index contributed by atoms with van der Waals surface area (Å²) in [5.41, 5.74) is 1.53. The molecule has 1 heterocycles. The van der Waals surface area contributed by atoms with Gasteiger partial charge in [-0.2, -0.15) is 0 Å². The molecule has 0 fully saturated rings. The fraction of sp³-hybridized carbons (Fsp3) is 0.231. The molecular weight excluding hydrogens is 232 g/mol. The van der Waals surface area contributed by atoms with Crippen molar-refractivity contribution in [1.82, 2.24) is 9.88 Å². The van der Waals surface area contributed by atoms with Crippen molar-refractivity contribution in [2.45, 2.75) is 0 Å². The largest absolute Gasteiger partial charge is 0.468 e. The van der Waals surface area contributed by atoms with E-state index in [2.05, 4.69) is 10.1 Å². The highest BCUT2D eigenvalue weighted by atomic mass is 16.5. The van der Waals surface area contributed by atoms with Crippen molar-refractivity contribution >= 4 is 22.8 Å². The van der Waals surface area contributed by atoms with Gasteiger partial charge in [-0.1, -0.05) is 6.07 Å². The van der Waals surface area contributed by atoms with Crippen LogP contribution < -0.4 is 5.32 Å². The summed E-state index contributed by atoms with van der Waals surface area (Å²) in [6.07, 6.45) is 1.89. The Bertz CT molecular complexity index is 601. The van der Waals surface area contributed by atoms with E-state index in [-0.39, 0.29) is 12.5 Å². The van der Waals surface area contributed by atoms with Crippen LogP contribution in [0.25, 0.3) is 10.9 Å². The lowest BCUT2D eigenvalue weighted by Crippen LogP contribution is -2.30. The Labute approximate surface area is 104 Å². The zero-order valence-electron chi connectivity index (χ0n) is 10.3. The summed E-state index contributed by atoms with van der Waals surface area (Å²) >= 11 is 0. The highest BCUT2D eigenvalue weighted by Crippen LogP contribution is 2.19. The topological polar surface area (TPSA) is 60.3 Å². The number of fused-ring (bicyclic) bond motifs is 1. The van der Waals surface area contributed by atoms with E-state index in [9.17, 15) is 9.59 Å². The van der Waals surface area contributed by atoms with Crippen LogP contribution in [0.1, 0.15) is 10.4 Å². The number of rotatable bonds is 3. The van der Waals surface area contributed by atoms with Gasteiger partial charge in [-0.15, -0.1) is 0 Å². The van der Waals surface area contributed by atoms with Crippen molar-refractivity contribution in [2.75, 3.05) is 13.7 Å². The fourth-order valence-corrected chi connectivity index (χ4v) is 1.82. The van der Waals surface area contributed by atoms with Crippen LogP contribution in [0, 0.1) is 0 Å². The van der Waals surface area contributed by atoms with E-state index >= 15 is 0 Å². The van der Waals surface area contributed by atoms with Crippen LogP contribution in [0.15, 0.2) is 30.5 Å². The molecular formula is C13H14N2O3. The number of hydrogen-bond acceptors (Lipinski definition) is 3. The molecule has 5 nitrogen and oxygen atoms in total. The molecule has 18 heavy (non-hydrogen) atoms. The predicted octanol–water partition coefficient (Wildman–Crippen LogP) is 1.08. The van der Waals surface area contributed by atoms with Crippen molar-refractivity contribution in [3.05, 3.63) is 36.0 Å². The molecule has 0 saturated heterocycles. The molecule has 0 spiro atoms. The molecule has 0 aliphatic rings. The molecule has 1 aromatic carbocycles. The predicted molar refractivity (Wildman–Crippen MR) is 67.3 cm³/mol. The Kier molecular flexibility index (Phi) is 3.32. The van der Waals surface area contributed by atoms with Gasteiger partial charge in [-0.3, -0.25) is 9.59 Å². The monoisotopic (exact) mass is 246 g/mol. The summed E-state index contributed by atoms with van der Waals surface area (Å²) in [5.74, 6) is -0.749. The van der Waals surface area contributed by atoms with Gasteiger partial charge in [0.1, 0.15) is 6.54 Å². The number of methoxy groups -OCH3 is 1. The lowest BCUT2D eigenvalue weighted by Gasteiger charge is -2.05. The molecule has 1 amide bonds. The molecule has 0 unspecified atom stereocenters. The van der Waals surface area contributed by atoms with Crippen molar-refractivity contribution in [1.29, 1.82) is 0 Å². The summed E-state index contributed by atoms with van der Waals surface area (Å²) < 4.78 is 6.41. The van der Waals surface area contributed by atoms with E-state index in [0.717, 1.165) is 10.9 Å². The minimum atomic E-state index is -0.469. The fourth-order valence-electron chi connectivity index (χ4n) is 1.82. The zero-order valence-corrected chi connectivity index (χ0v) is 10.3. The Morgan fingerprint density at radius 1 is 1.33 bits per heavy atom. The lowest BCUT2D eigenvalue weighted by molar-refractivity contribution is -0.139. The maximum atomic E-state index is 12.0. The molecule has 0 bridgehead atoms. The minimum absolute atomic E-state index is 0.126. The standard InChI is InChI=1S/C13H14N2O3/c1-15-7-6-9-10(4-3-5-11(9)15)13(17)14-8-12(16)18-2/h3-7H,8H2,1-2H3,(H,14,17). The average molecular weight is 246 g/mol. The summed E-state index contributed by atoms with van der Waals surface area (Å²) in [7, 11) is 3.20. The second-order valence-electron chi connectivity index (χ2n) is 3.92. The number of nitrogens with one attached hydrogen (secondary N) is 1. The van der Waals surface area contributed by atoms with Gasteiger partial charge in [0.2, 0.25) is 0 Å². The third-order valence-corrected chi connectivity index (χ3v) is 2.79. The number of aromatic nitrogens is 1. The lowest BCUT2D eigenvalue weighted by atomic mass is 10.1. The zero-order chi connectivity index (χ0) is 13.1. The minimum Gasteiger partial charge on any atom is -0.468 e. The number of amides is 1. The summed E-state index contributed by atoms with van der Waals surface area (Å²) in [5, 5.41) is 3.39. The first-order chi connectivity index (χ1) is 8.63. The molecule has 5 heteroatoms. The maximum Gasteiger partial charge on any atom is 0.325 e. The Hall–Kier alpha value is -2.30. The van der Waals surface area contributed by atoms with Crippen molar-refractivity contribution in [2.24, 2.45) is 7.05 Å². The van der Waals surface area contributed by atoms with Gasteiger partial charge in [0.15, 0.2) is 0 Å². The van der Waals surface area contributed by atoms with E-state index in [1.54, 1.807) is 6.07 Å². The van der Waals surface area contributed by atoms with Gasteiger partial charge < -0.3 is 14.6 Å². The molecule has 1 N–H and O–H groups in total. The highest BCUT2D eigenvalue weighted by Gasteiger charge is 2.12. The van der Waals surface area contributed by atoms with Crippen LogP contribution in [-0.2, 0) is 16.6 Å². The van der Waals surface area contributed by atoms with Crippen LogP contribution in [0.5, 0.6) is 0 Å². The highest BCUT2D eigenvalue weighted by molar-refractivity contribution is 6.07. The number of benzene rings is 1. The molecule has 0 radical (unpaired) electrons. The molecule has 2 rings (SSSR count). The number of esters is 1. The van der Waals surface area contributed by atoms with Crippen LogP contribution in [0.2, 0.25) is 0 Å². The maximum absolute atomic E-state index is 12.0. The Balaban J connectivity index is 2.25. The smallest absolute Gasteiger partial charge is 0.325 e.